The second-order valence-corrected chi connectivity index (χ2v) is 5.35. The standard InChI is InChI=1S/C7H2BrCl3F2/c8-3-1-2-4(12)6(13)5(3)7(9,10)11/h1-2H. The molecule has 0 N–H and O–H groups in total. The average Bonchev–Trinajstić information content (AvgIpc) is 1.95. The number of benzene rings is 1. The molecule has 0 saturated carbocycles. The van der Waals surface area contributed by atoms with Crippen molar-refractivity contribution >= 4 is 50.7 Å². The fraction of sp³-hybridized carbons (Fsp3) is 0.143. The molecule has 0 unspecified atom stereocenters. The Hall–Kier alpha value is 0.430. The van der Waals surface area contributed by atoms with Crippen molar-refractivity contribution in [3.05, 3.63) is 33.8 Å². The van der Waals surface area contributed by atoms with Crippen LogP contribution in [0.2, 0.25) is 0 Å². The van der Waals surface area contributed by atoms with Gasteiger partial charge in [-0.15, -0.1) is 0 Å². The zero-order chi connectivity index (χ0) is 10.2. The maximum absolute atomic E-state index is 13.1. The van der Waals surface area contributed by atoms with Crippen LogP contribution in [0.3, 0.4) is 0 Å². The molecule has 0 radical (unpaired) electrons. The highest BCUT2D eigenvalue weighted by Gasteiger charge is 2.31. The van der Waals surface area contributed by atoms with Crippen molar-refractivity contribution in [2.24, 2.45) is 0 Å². The van der Waals surface area contributed by atoms with Crippen LogP contribution in [0.4, 0.5) is 8.78 Å². The molecule has 6 heteroatoms. The van der Waals surface area contributed by atoms with Crippen molar-refractivity contribution in [2.75, 3.05) is 0 Å². The zero-order valence-electron chi connectivity index (χ0n) is 5.92. The van der Waals surface area contributed by atoms with E-state index in [2.05, 4.69) is 15.9 Å². The summed E-state index contributed by atoms with van der Waals surface area (Å²) in [6.07, 6.45) is 0. The molecule has 72 valence electrons. The molecule has 0 amide bonds. The molecule has 1 rings (SSSR count). The van der Waals surface area contributed by atoms with Crippen LogP contribution < -0.4 is 0 Å². The van der Waals surface area contributed by atoms with Gasteiger partial charge in [0, 0.05) is 4.47 Å². The molecule has 0 aromatic heterocycles. The van der Waals surface area contributed by atoms with Gasteiger partial charge in [-0.05, 0) is 12.1 Å². The average molecular weight is 310 g/mol. The van der Waals surface area contributed by atoms with Crippen molar-refractivity contribution in [1.82, 2.24) is 0 Å². The molecule has 0 heterocycles. The Morgan fingerprint density at radius 1 is 1.15 bits per heavy atom. The Kier molecular flexibility index (Phi) is 3.44. The van der Waals surface area contributed by atoms with Gasteiger partial charge in [-0.25, -0.2) is 8.78 Å². The highest BCUT2D eigenvalue weighted by Crippen LogP contribution is 2.43. The van der Waals surface area contributed by atoms with E-state index in [4.69, 9.17) is 34.8 Å². The maximum Gasteiger partial charge on any atom is 0.220 e. The molecule has 1 aromatic carbocycles. The summed E-state index contributed by atoms with van der Waals surface area (Å²) in [7, 11) is 0. The Morgan fingerprint density at radius 2 is 1.69 bits per heavy atom. The lowest BCUT2D eigenvalue weighted by Gasteiger charge is -2.14. The second kappa shape index (κ2) is 3.89. The van der Waals surface area contributed by atoms with Gasteiger partial charge in [0.2, 0.25) is 3.79 Å². The third-order valence-electron chi connectivity index (χ3n) is 1.33. The molecular weight excluding hydrogens is 308 g/mol. The van der Waals surface area contributed by atoms with Gasteiger partial charge >= 0.3 is 0 Å². The molecule has 0 saturated heterocycles. The number of hydrogen-bond donors (Lipinski definition) is 0. The normalized spacial score (nSPS) is 11.8. The molecule has 0 aliphatic heterocycles. The highest BCUT2D eigenvalue weighted by molar-refractivity contribution is 9.10. The van der Waals surface area contributed by atoms with Gasteiger partial charge in [0.25, 0.3) is 0 Å². The first-order valence-electron chi connectivity index (χ1n) is 3.04. The van der Waals surface area contributed by atoms with E-state index in [1.54, 1.807) is 0 Å². The summed E-state index contributed by atoms with van der Waals surface area (Å²) in [6.45, 7) is 0. The van der Waals surface area contributed by atoms with Gasteiger partial charge in [0.15, 0.2) is 11.6 Å². The Labute approximate surface area is 96.9 Å². The molecule has 0 fully saturated rings. The minimum absolute atomic E-state index is 0.214. The summed E-state index contributed by atoms with van der Waals surface area (Å²) < 4.78 is 24.1. The highest BCUT2D eigenvalue weighted by atomic mass is 79.9. The van der Waals surface area contributed by atoms with E-state index in [0.29, 0.717) is 0 Å². The van der Waals surface area contributed by atoms with Crippen LogP contribution >= 0.6 is 50.7 Å². The second-order valence-electron chi connectivity index (χ2n) is 2.22. The summed E-state index contributed by atoms with van der Waals surface area (Å²) in [4.78, 5) is 0. The van der Waals surface area contributed by atoms with Crippen molar-refractivity contribution in [2.45, 2.75) is 3.79 Å². The van der Waals surface area contributed by atoms with Gasteiger partial charge in [-0.2, -0.15) is 0 Å². The molecule has 0 nitrogen and oxygen atoms in total. The molecule has 13 heavy (non-hydrogen) atoms. The first-order chi connectivity index (χ1) is 5.84. The number of halogens is 6. The number of hydrogen-bond acceptors (Lipinski definition) is 0. The van der Waals surface area contributed by atoms with Crippen LogP contribution in [0.5, 0.6) is 0 Å². The van der Waals surface area contributed by atoms with Crippen LogP contribution in [-0.2, 0) is 3.79 Å². The van der Waals surface area contributed by atoms with Gasteiger partial charge < -0.3 is 0 Å². The lowest BCUT2D eigenvalue weighted by atomic mass is 10.2. The van der Waals surface area contributed by atoms with E-state index in [-0.39, 0.29) is 10.0 Å². The van der Waals surface area contributed by atoms with Gasteiger partial charge in [-0.3, -0.25) is 0 Å². The van der Waals surface area contributed by atoms with E-state index in [1.165, 1.54) is 6.07 Å². The lowest BCUT2D eigenvalue weighted by molar-refractivity contribution is 0.499. The first-order valence-corrected chi connectivity index (χ1v) is 4.97. The fourth-order valence-corrected chi connectivity index (χ4v) is 2.29. The summed E-state index contributed by atoms with van der Waals surface area (Å²) in [5, 5.41) is 0. The molecule has 0 atom stereocenters. The fourth-order valence-electron chi connectivity index (χ4n) is 0.787. The van der Waals surface area contributed by atoms with Crippen LogP contribution in [0.15, 0.2) is 16.6 Å². The summed E-state index contributed by atoms with van der Waals surface area (Å²) >= 11 is 19.3. The zero-order valence-corrected chi connectivity index (χ0v) is 9.78. The number of rotatable bonds is 0. The van der Waals surface area contributed by atoms with E-state index in [0.717, 1.165) is 6.07 Å². The van der Waals surface area contributed by atoms with E-state index in [9.17, 15) is 8.78 Å². The molecular formula is C7H2BrCl3F2. The van der Waals surface area contributed by atoms with Crippen molar-refractivity contribution in [1.29, 1.82) is 0 Å². The summed E-state index contributed by atoms with van der Waals surface area (Å²) in [5.41, 5.74) is -0.322. The largest absolute Gasteiger partial charge is 0.220 e. The molecule has 0 aliphatic carbocycles. The molecule has 0 spiro atoms. The molecule has 1 aromatic rings. The van der Waals surface area contributed by atoms with Crippen molar-refractivity contribution < 1.29 is 8.78 Å². The smallest absolute Gasteiger partial charge is 0.204 e. The van der Waals surface area contributed by atoms with Crippen LogP contribution in [0.1, 0.15) is 5.56 Å². The lowest BCUT2D eigenvalue weighted by Crippen LogP contribution is -2.06. The van der Waals surface area contributed by atoms with Gasteiger partial charge in [0.1, 0.15) is 0 Å². The van der Waals surface area contributed by atoms with Gasteiger partial charge in [-0.1, -0.05) is 50.7 Å². The summed E-state index contributed by atoms with van der Waals surface area (Å²) in [5.74, 6) is -2.21. The molecule has 0 bridgehead atoms. The Morgan fingerprint density at radius 3 is 2.08 bits per heavy atom. The van der Waals surface area contributed by atoms with Crippen LogP contribution in [0, 0.1) is 11.6 Å². The van der Waals surface area contributed by atoms with E-state index in [1.807, 2.05) is 0 Å². The number of alkyl halides is 3. The third kappa shape index (κ3) is 2.46. The molecule has 0 aliphatic rings. The minimum atomic E-state index is -1.98. The third-order valence-corrected chi connectivity index (χ3v) is 2.56. The van der Waals surface area contributed by atoms with E-state index < -0.39 is 15.4 Å². The summed E-state index contributed by atoms with van der Waals surface area (Å²) in [6, 6.07) is 2.22. The predicted molar refractivity (Wildman–Crippen MR) is 53.3 cm³/mol. The van der Waals surface area contributed by atoms with Gasteiger partial charge in [0.05, 0.1) is 5.56 Å². The Bertz CT molecular complexity index is 335. The van der Waals surface area contributed by atoms with Crippen LogP contribution in [-0.4, -0.2) is 0 Å². The predicted octanol–water partition coefficient (Wildman–Crippen LogP) is 4.55. The van der Waals surface area contributed by atoms with Crippen molar-refractivity contribution in [3.63, 3.8) is 0 Å². The van der Waals surface area contributed by atoms with Crippen molar-refractivity contribution in [3.8, 4) is 0 Å². The monoisotopic (exact) mass is 308 g/mol. The van der Waals surface area contributed by atoms with E-state index >= 15 is 0 Å². The maximum atomic E-state index is 13.1. The Balaban J connectivity index is 3.43. The quantitative estimate of drug-likeness (QED) is 0.487. The minimum Gasteiger partial charge on any atom is -0.204 e. The topological polar surface area (TPSA) is 0 Å². The SMILES string of the molecule is Fc1ccc(Br)c(C(Cl)(Cl)Cl)c1F. The van der Waals surface area contributed by atoms with Crippen LogP contribution in [0.25, 0.3) is 0 Å². The first kappa shape index (κ1) is 11.5.